The fourth-order valence-corrected chi connectivity index (χ4v) is 3.39. The van der Waals surface area contributed by atoms with Gasteiger partial charge in [0.1, 0.15) is 5.75 Å². The number of methoxy groups -OCH3 is 1. The number of benzene rings is 1. The maximum atomic E-state index is 12.7. The van der Waals surface area contributed by atoms with Gasteiger partial charge in [-0.05, 0) is 36.8 Å². The molecule has 4 rings (SSSR count). The van der Waals surface area contributed by atoms with Gasteiger partial charge in [-0.25, -0.2) is 9.97 Å². The van der Waals surface area contributed by atoms with E-state index >= 15 is 0 Å². The molecule has 0 spiro atoms. The number of nitrogens with zero attached hydrogens (tertiary/aromatic N) is 5. The summed E-state index contributed by atoms with van der Waals surface area (Å²) in [5.74, 6) is 0.714. The number of halogens is 1. The van der Waals surface area contributed by atoms with Gasteiger partial charge in [0.2, 0.25) is 5.95 Å². The lowest BCUT2D eigenvalue weighted by molar-refractivity contribution is 0.103. The highest BCUT2D eigenvalue weighted by molar-refractivity contribution is 6.32. The first-order chi connectivity index (χ1) is 15.6. The fourth-order valence-electron chi connectivity index (χ4n) is 3.19. The standard InChI is InChI=1S/C23H21ClN6O2/c1-3-10-30-14-17(12-27-30)21-18(24)13-26-23(29-21)28-19-5-4-16(11-20(19)32-2)22(31)15-6-8-25-9-7-15/h4-9,11-14H,3,10H2,1-2H3,(H,26,28,29). The molecule has 0 saturated carbocycles. The Hall–Kier alpha value is -3.78. The first-order valence-electron chi connectivity index (χ1n) is 10.0. The predicted molar refractivity (Wildman–Crippen MR) is 123 cm³/mol. The number of carbonyl (C=O) groups is 1. The third-order valence-corrected chi connectivity index (χ3v) is 5.03. The van der Waals surface area contributed by atoms with Crippen molar-refractivity contribution in [3.05, 3.63) is 77.5 Å². The number of aromatic nitrogens is 5. The molecular formula is C23H21ClN6O2. The molecule has 1 N–H and O–H groups in total. The topological polar surface area (TPSA) is 94.8 Å². The third-order valence-electron chi connectivity index (χ3n) is 4.76. The SMILES string of the molecule is CCCn1cc(-c2nc(Nc3ccc(C(=O)c4ccncc4)cc3OC)ncc2Cl)cn1. The fraction of sp³-hybridized carbons (Fsp3) is 0.174. The molecule has 32 heavy (non-hydrogen) atoms. The van der Waals surface area contributed by atoms with Crippen molar-refractivity contribution in [1.82, 2.24) is 24.7 Å². The Kier molecular flexibility index (Phi) is 6.42. The molecule has 0 unspecified atom stereocenters. The average Bonchev–Trinajstić information content (AvgIpc) is 3.29. The number of anilines is 2. The monoisotopic (exact) mass is 448 g/mol. The second kappa shape index (κ2) is 9.57. The van der Waals surface area contributed by atoms with Crippen molar-refractivity contribution in [2.75, 3.05) is 12.4 Å². The van der Waals surface area contributed by atoms with Gasteiger partial charge in [0.15, 0.2) is 5.78 Å². The first-order valence-corrected chi connectivity index (χ1v) is 10.4. The number of pyridine rings is 1. The Morgan fingerprint density at radius 2 is 1.97 bits per heavy atom. The minimum absolute atomic E-state index is 0.119. The normalized spacial score (nSPS) is 10.7. The summed E-state index contributed by atoms with van der Waals surface area (Å²) in [4.78, 5) is 25.5. The maximum absolute atomic E-state index is 12.7. The summed E-state index contributed by atoms with van der Waals surface area (Å²) in [5.41, 5.74) is 3.06. The van der Waals surface area contributed by atoms with E-state index in [1.54, 1.807) is 48.9 Å². The Morgan fingerprint density at radius 1 is 1.16 bits per heavy atom. The Balaban J connectivity index is 1.60. The van der Waals surface area contributed by atoms with Gasteiger partial charge in [0, 0.05) is 41.8 Å². The summed E-state index contributed by atoms with van der Waals surface area (Å²) >= 11 is 6.34. The van der Waals surface area contributed by atoms with E-state index in [-0.39, 0.29) is 5.78 Å². The predicted octanol–water partition coefficient (Wildman–Crippen LogP) is 4.78. The van der Waals surface area contributed by atoms with Gasteiger partial charge in [0.05, 0.1) is 35.9 Å². The van der Waals surface area contributed by atoms with Crippen molar-refractivity contribution in [2.45, 2.75) is 19.9 Å². The first kappa shape index (κ1) is 21.5. The van der Waals surface area contributed by atoms with Gasteiger partial charge >= 0.3 is 0 Å². The Morgan fingerprint density at radius 3 is 2.72 bits per heavy atom. The molecule has 9 heteroatoms. The summed E-state index contributed by atoms with van der Waals surface area (Å²) in [7, 11) is 1.54. The summed E-state index contributed by atoms with van der Waals surface area (Å²) in [6.07, 6.45) is 9.32. The molecule has 0 radical (unpaired) electrons. The summed E-state index contributed by atoms with van der Waals surface area (Å²) in [6, 6.07) is 8.50. The number of carbonyl (C=O) groups excluding carboxylic acids is 1. The zero-order valence-electron chi connectivity index (χ0n) is 17.6. The average molecular weight is 449 g/mol. The molecule has 3 aromatic heterocycles. The van der Waals surface area contributed by atoms with Gasteiger partial charge in [0.25, 0.3) is 0 Å². The lowest BCUT2D eigenvalue weighted by Crippen LogP contribution is -2.04. The third kappa shape index (κ3) is 4.60. The molecule has 1 aromatic carbocycles. The number of hydrogen-bond acceptors (Lipinski definition) is 7. The lowest BCUT2D eigenvalue weighted by Gasteiger charge is -2.12. The van der Waals surface area contributed by atoms with Gasteiger partial charge < -0.3 is 10.1 Å². The molecule has 0 bridgehead atoms. The van der Waals surface area contributed by atoms with E-state index in [4.69, 9.17) is 16.3 Å². The van der Waals surface area contributed by atoms with Gasteiger partial charge in [-0.2, -0.15) is 5.10 Å². The number of aryl methyl sites for hydroxylation is 1. The maximum Gasteiger partial charge on any atom is 0.227 e. The van der Waals surface area contributed by atoms with Crippen LogP contribution in [0.2, 0.25) is 5.02 Å². The zero-order chi connectivity index (χ0) is 22.5. The van der Waals surface area contributed by atoms with Crippen LogP contribution in [0.5, 0.6) is 5.75 Å². The van der Waals surface area contributed by atoms with Crippen LogP contribution in [0, 0.1) is 0 Å². The molecule has 8 nitrogen and oxygen atoms in total. The van der Waals surface area contributed by atoms with Crippen molar-refractivity contribution < 1.29 is 9.53 Å². The summed E-state index contributed by atoms with van der Waals surface area (Å²) in [5, 5.41) is 7.91. The highest BCUT2D eigenvalue weighted by atomic mass is 35.5. The molecule has 4 aromatic rings. The van der Waals surface area contributed by atoms with Crippen LogP contribution in [0.1, 0.15) is 29.3 Å². The van der Waals surface area contributed by atoms with Crippen LogP contribution in [-0.2, 0) is 6.54 Å². The van der Waals surface area contributed by atoms with Gasteiger partial charge in [-0.3, -0.25) is 14.5 Å². The molecule has 0 aliphatic heterocycles. The van der Waals surface area contributed by atoms with Crippen LogP contribution < -0.4 is 10.1 Å². The lowest BCUT2D eigenvalue weighted by atomic mass is 10.0. The molecule has 0 aliphatic rings. The van der Waals surface area contributed by atoms with E-state index in [0.717, 1.165) is 18.5 Å². The molecule has 162 valence electrons. The highest BCUT2D eigenvalue weighted by Gasteiger charge is 2.15. The number of nitrogens with one attached hydrogen (secondary N) is 1. The molecular weight excluding hydrogens is 428 g/mol. The minimum Gasteiger partial charge on any atom is -0.495 e. The van der Waals surface area contributed by atoms with Gasteiger partial charge in [-0.15, -0.1) is 0 Å². The van der Waals surface area contributed by atoms with E-state index < -0.39 is 0 Å². The van der Waals surface area contributed by atoms with Crippen LogP contribution in [0.3, 0.4) is 0 Å². The molecule has 0 aliphatic carbocycles. The molecule has 0 amide bonds. The zero-order valence-corrected chi connectivity index (χ0v) is 18.4. The molecule has 0 atom stereocenters. The van der Waals surface area contributed by atoms with Gasteiger partial charge in [-0.1, -0.05) is 18.5 Å². The Bertz CT molecular complexity index is 1240. The van der Waals surface area contributed by atoms with Crippen molar-refractivity contribution in [3.63, 3.8) is 0 Å². The van der Waals surface area contributed by atoms with E-state index in [2.05, 4.69) is 32.3 Å². The minimum atomic E-state index is -0.119. The van der Waals surface area contributed by atoms with Crippen LogP contribution in [-0.4, -0.2) is 37.6 Å². The number of rotatable bonds is 8. The van der Waals surface area contributed by atoms with Crippen LogP contribution >= 0.6 is 11.6 Å². The van der Waals surface area contributed by atoms with Crippen LogP contribution in [0.4, 0.5) is 11.6 Å². The second-order valence-corrected chi connectivity index (χ2v) is 7.39. The van der Waals surface area contributed by atoms with Crippen molar-refractivity contribution in [2.24, 2.45) is 0 Å². The van der Waals surface area contributed by atoms with E-state index in [1.807, 2.05) is 10.9 Å². The largest absolute Gasteiger partial charge is 0.495 e. The molecule has 0 saturated heterocycles. The van der Waals surface area contributed by atoms with Crippen molar-refractivity contribution in [1.29, 1.82) is 0 Å². The summed E-state index contributed by atoms with van der Waals surface area (Å²) in [6.45, 7) is 2.90. The van der Waals surface area contributed by atoms with Crippen LogP contribution in [0.15, 0.2) is 61.3 Å². The van der Waals surface area contributed by atoms with Crippen molar-refractivity contribution in [3.8, 4) is 17.0 Å². The quantitative estimate of drug-likeness (QED) is 0.387. The highest BCUT2D eigenvalue weighted by Crippen LogP contribution is 2.31. The second-order valence-electron chi connectivity index (χ2n) is 6.99. The van der Waals surface area contributed by atoms with E-state index in [9.17, 15) is 4.79 Å². The number of ketones is 1. The smallest absolute Gasteiger partial charge is 0.227 e. The number of hydrogen-bond donors (Lipinski definition) is 1. The van der Waals surface area contributed by atoms with E-state index in [0.29, 0.717) is 39.2 Å². The van der Waals surface area contributed by atoms with Crippen LogP contribution in [0.25, 0.3) is 11.3 Å². The Labute approximate surface area is 190 Å². The van der Waals surface area contributed by atoms with Crippen molar-refractivity contribution >= 4 is 29.0 Å². The van der Waals surface area contributed by atoms with E-state index in [1.165, 1.54) is 13.3 Å². The number of ether oxygens (including phenoxy) is 1. The molecule has 3 heterocycles. The molecule has 0 fully saturated rings. The summed E-state index contributed by atoms with van der Waals surface area (Å²) < 4.78 is 7.34.